The lowest BCUT2D eigenvalue weighted by Gasteiger charge is -2.30. The summed E-state index contributed by atoms with van der Waals surface area (Å²) in [6.07, 6.45) is 3.23. The summed E-state index contributed by atoms with van der Waals surface area (Å²) in [5.41, 5.74) is 6.40. The Labute approximate surface area is 108 Å². The van der Waals surface area contributed by atoms with E-state index >= 15 is 0 Å². The number of nitrogens with zero attached hydrogens (tertiary/aromatic N) is 2. The molecule has 1 aromatic rings. The lowest BCUT2D eigenvalue weighted by atomic mass is 10.1. The van der Waals surface area contributed by atoms with Crippen LogP contribution >= 0.6 is 0 Å². The number of amides is 1. The predicted molar refractivity (Wildman–Crippen MR) is 71.1 cm³/mol. The summed E-state index contributed by atoms with van der Waals surface area (Å²) in [7, 11) is 0. The van der Waals surface area contributed by atoms with Crippen LogP contribution in [0.15, 0.2) is 18.3 Å². The second kappa shape index (κ2) is 6.96. The lowest BCUT2D eigenvalue weighted by Crippen LogP contribution is -2.42. The average molecular weight is 251 g/mol. The van der Waals surface area contributed by atoms with Crippen molar-refractivity contribution < 1.29 is 9.90 Å². The first-order valence-corrected chi connectivity index (χ1v) is 6.27. The van der Waals surface area contributed by atoms with Gasteiger partial charge in [0, 0.05) is 18.8 Å². The van der Waals surface area contributed by atoms with Crippen molar-refractivity contribution in [3.8, 4) is 0 Å². The molecule has 3 N–H and O–H groups in total. The van der Waals surface area contributed by atoms with Crippen molar-refractivity contribution in [1.29, 1.82) is 0 Å². The molecule has 100 valence electrons. The van der Waals surface area contributed by atoms with E-state index in [1.807, 2.05) is 13.8 Å². The Morgan fingerprint density at radius 1 is 1.50 bits per heavy atom. The largest absolute Gasteiger partial charge is 0.397 e. The monoisotopic (exact) mass is 251 g/mol. The molecule has 18 heavy (non-hydrogen) atoms. The molecule has 1 aromatic heterocycles. The van der Waals surface area contributed by atoms with E-state index in [2.05, 4.69) is 4.98 Å². The zero-order valence-electron chi connectivity index (χ0n) is 11.0. The van der Waals surface area contributed by atoms with Gasteiger partial charge in [-0.1, -0.05) is 13.8 Å². The van der Waals surface area contributed by atoms with E-state index in [1.165, 1.54) is 0 Å². The summed E-state index contributed by atoms with van der Waals surface area (Å²) >= 11 is 0. The van der Waals surface area contributed by atoms with Crippen LogP contribution in [-0.2, 0) is 0 Å². The van der Waals surface area contributed by atoms with Crippen LogP contribution < -0.4 is 5.73 Å². The number of aromatic nitrogens is 1. The maximum atomic E-state index is 12.4. The third kappa shape index (κ3) is 3.20. The zero-order chi connectivity index (χ0) is 13.5. The van der Waals surface area contributed by atoms with Crippen LogP contribution in [0, 0.1) is 0 Å². The molecule has 5 nitrogen and oxygen atoms in total. The minimum atomic E-state index is -0.212. The van der Waals surface area contributed by atoms with Gasteiger partial charge >= 0.3 is 0 Å². The van der Waals surface area contributed by atoms with Crippen LogP contribution in [0.2, 0.25) is 0 Å². The minimum absolute atomic E-state index is 0.0605. The Balaban J connectivity index is 2.99. The summed E-state index contributed by atoms with van der Waals surface area (Å²) < 4.78 is 0. The number of carbonyl (C=O) groups excluding carboxylic acids is 1. The Morgan fingerprint density at radius 3 is 2.67 bits per heavy atom. The normalized spacial score (nSPS) is 10.7. The van der Waals surface area contributed by atoms with E-state index in [-0.39, 0.29) is 24.2 Å². The highest BCUT2D eigenvalue weighted by molar-refractivity contribution is 5.97. The van der Waals surface area contributed by atoms with Crippen molar-refractivity contribution in [3.63, 3.8) is 0 Å². The van der Waals surface area contributed by atoms with Gasteiger partial charge in [-0.3, -0.25) is 4.79 Å². The molecule has 0 spiro atoms. The fourth-order valence-corrected chi connectivity index (χ4v) is 2.02. The molecule has 0 aliphatic carbocycles. The third-order valence-electron chi connectivity index (χ3n) is 3.03. The number of aliphatic hydroxyl groups is 1. The topological polar surface area (TPSA) is 79.5 Å². The van der Waals surface area contributed by atoms with E-state index in [0.29, 0.717) is 12.2 Å². The van der Waals surface area contributed by atoms with Gasteiger partial charge in [-0.05, 0) is 25.0 Å². The summed E-state index contributed by atoms with van der Waals surface area (Å²) in [6, 6.07) is 3.45. The van der Waals surface area contributed by atoms with E-state index in [0.717, 1.165) is 12.8 Å². The highest BCUT2D eigenvalue weighted by Gasteiger charge is 2.24. The Kier molecular flexibility index (Phi) is 5.58. The molecule has 0 saturated carbocycles. The van der Waals surface area contributed by atoms with Crippen molar-refractivity contribution >= 4 is 11.6 Å². The molecule has 0 aromatic carbocycles. The minimum Gasteiger partial charge on any atom is -0.397 e. The summed E-state index contributed by atoms with van der Waals surface area (Å²) in [6.45, 7) is 4.29. The van der Waals surface area contributed by atoms with Crippen molar-refractivity contribution in [1.82, 2.24) is 9.88 Å². The first-order chi connectivity index (χ1) is 8.65. The number of nitrogens with two attached hydrogens (primary N) is 1. The maximum Gasteiger partial charge on any atom is 0.274 e. The molecule has 0 atom stereocenters. The van der Waals surface area contributed by atoms with E-state index in [9.17, 15) is 4.79 Å². The molecule has 0 aliphatic rings. The van der Waals surface area contributed by atoms with Crippen LogP contribution in [0.25, 0.3) is 0 Å². The number of hydrogen-bond donors (Lipinski definition) is 2. The first-order valence-electron chi connectivity index (χ1n) is 6.27. The van der Waals surface area contributed by atoms with Crippen molar-refractivity contribution in [2.24, 2.45) is 0 Å². The van der Waals surface area contributed by atoms with Crippen molar-refractivity contribution in [2.75, 3.05) is 18.9 Å². The first kappa shape index (κ1) is 14.4. The molecule has 0 saturated heterocycles. The van der Waals surface area contributed by atoms with Gasteiger partial charge in [-0.15, -0.1) is 0 Å². The average Bonchev–Trinajstić information content (AvgIpc) is 2.39. The molecule has 0 radical (unpaired) electrons. The SMILES string of the molecule is CCC(CC)N(CCO)C(=O)c1ncccc1N. The lowest BCUT2D eigenvalue weighted by molar-refractivity contribution is 0.0617. The van der Waals surface area contributed by atoms with Gasteiger partial charge in [-0.25, -0.2) is 4.98 Å². The highest BCUT2D eigenvalue weighted by Crippen LogP contribution is 2.15. The number of nitrogen functional groups attached to an aromatic ring is 1. The maximum absolute atomic E-state index is 12.4. The van der Waals surface area contributed by atoms with Crippen LogP contribution in [0.5, 0.6) is 0 Å². The van der Waals surface area contributed by atoms with Crippen LogP contribution in [0.3, 0.4) is 0 Å². The van der Waals surface area contributed by atoms with Crippen LogP contribution in [0.1, 0.15) is 37.2 Å². The third-order valence-corrected chi connectivity index (χ3v) is 3.03. The van der Waals surface area contributed by atoms with E-state index < -0.39 is 0 Å². The van der Waals surface area contributed by atoms with Crippen molar-refractivity contribution in [2.45, 2.75) is 32.7 Å². The van der Waals surface area contributed by atoms with Crippen LogP contribution in [-0.4, -0.2) is 40.1 Å². The second-order valence-corrected chi connectivity index (χ2v) is 4.13. The summed E-state index contributed by atoms with van der Waals surface area (Å²) in [5, 5.41) is 9.10. The molecular formula is C13H21N3O2. The van der Waals surface area contributed by atoms with E-state index in [4.69, 9.17) is 10.8 Å². The number of aliphatic hydroxyl groups excluding tert-OH is 1. The van der Waals surface area contributed by atoms with Crippen molar-refractivity contribution in [3.05, 3.63) is 24.0 Å². The van der Waals surface area contributed by atoms with Gasteiger partial charge in [0.1, 0.15) is 0 Å². The molecule has 0 unspecified atom stereocenters. The van der Waals surface area contributed by atoms with Gasteiger partial charge in [0.25, 0.3) is 5.91 Å². The molecule has 1 amide bonds. The number of anilines is 1. The molecule has 1 heterocycles. The number of carbonyl (C=O) groups is 1. The van der Waals surface area contributed by atoms with Gasteiger partial charge in [-0.2, -0.15) is 0 Å². The van der Waals surface area contributed by atoms with Gasteiger partial charge in [0.05, 0.1) is 12.3 Å². The fraction of sp³-hybridized carbons (Fsp3) is 0.538. The van der Waals surface area contributed by atoms with Gasteiger partial charge in [0.15, 0.2) is 5.69 Å². The second-order valence-electron chi connectivity index (χ2n) is 4.13. The Morgan fingerprint density at radius 2 is 2.17 bits per heavy atom. The summed E-state index contributed by atoms with van der Waals surface area (Å²) in [5.74, 6) is -0.212. The predicted octanol–water partition coefficient (Wildman–Crippen LogP) is 1.29. The molecule has 5 heteroatoms. The molecule has 0 aliphatic heterocycles. The molecule has 0 bridgehead atoms. The smallest absolute Gasteiger partial charge is 0.274 e. The highest BCUT2D eigenvalue weighted by atomic mass is 16.3. The molecular weight excluding hydrogens is 230 g/mol. The number of rotatable bonds is 6. The Bertz CT molecular complexity index is 392. The Hall–Kier alpha value is -1.62. The van der Waals surface area contributed by atoms with Crippen LogP contribution in [0.4, 0.5) is 5.69 Å². The fourth-order valence-electron chi connectivity index (χ4n) is 2.02. The van der Waals surface area contributed by atoms with E-state index in [1.54, 1.807) is 23.2 Å². The molecule has 0 fully saturated rings. The molecule has 1 rings (SSSR count). The summed E-state index contributed by atoms with van der Waals surface area (Å²) in [4.78, 5) is 18.1. The number of hydrogen-bond acceptors (Lipinski definition) is 4. The quantitative estimate of drug-likeness (QED) is 0.798. The number of pyridine rings is 1. The van der Waals surface area contributed by atoms with Gasteiger partial charge in [0.2, 0.25) is 0 Å². The standard InChI is InChI=1S/C13H21N3O2/c1-3-10(4-2)16(8-9-17)13(18)12-11(14)6-5-7-15-12/h5-7,10,17H,3-4,8-9,14H2,1-2H3. The zero-order valence-corrected chi connectivity index (χ0v) is 11.0. The van der Waals surface area contributed by atoms with Gasteiger partial charge < -0.3 is 15.7 Å².